The largest absolute Gasteiger partial charge is 0.507 e. The van der Waals surface area contributed by atoms with Gasteiger partial charge >= 0.3 is 5.97 Å². The van der Waals surface area contributed by atoms with Crippen molar-refractivity contribution in [1.82, 2.24) is 0 Å². The van der Waals surface area contributed by atoms with E-state index >= 15 is 0 Å². The molecule has 1 rings (SSSR count). The molecule has 0 heterocycles. The second-order valence-corrected chi connectivity index (χ2v) is 5.04. The maximum Gasteiger partial charge on any atom is 0.343 e. The van der Waals surface area contributed by atoms with E-state index < -0.39 is 28.9 Å². The lowest BCUT2D eigenvalue weighted by molar-refractivity contribution is -0.123. The molecule has 0 aliphatic heterocycles. The number of phenolic OH excluding ortho intramolecular Hbond substituents is 1. The maximum atomic E-state index is 13.3. The molecule has 0 spiro atoms. The molecule has 6 heteroatoms. The Bertz CT molecular complexity index is 520. The van der Waals surface area contributed by atoms with Crippen molar-refractivity contribution in [3.05, 3.63) is 23.5 Å². The van der Waals surface area contributed by atoms with E-state index in [0.717, 1.165) is 19.2 Å². The van der Waals surface area contributed by atoms with Gasteiger partial charge in [-0.25, -0.2) is 9.18 Å². The quantitative estimate of drug-likeness (QED) is 0.808. The highest BCUT2D eigenvalue weighted by atomic mass is 19.1. The number of phenols is 1. The van der Waals surface area contributed by atoms with E-state index in [0.29, 0.717) is 0 Å². The van der Waals surface area contributed by atoms with Gasteiger partial charge in [0.1, 0.15) is 17.1 Å². The third-order valence-corrected chi connectivity index (χ3v) is 2.40. The third-order valence-electron chi connectivity index (χ3n) is 2.40. The lowest BCUT2D eigenvalue weighted by atomic mass is 9.95. The highest BCUT2D eigenvalue weighted by Gasteiger charge is 2.25. The minimum atomic E-state index is -0.860. The van der Waals surface area contributed by atoms with Crippen LogP contribution < -0.4 is 5.32 Å². The van der Waals surface area contributed by atoms with Crippen LogP contribution >= 0.6 is 0 Å². The molecule has 1 amide bonds. The number of carbonyl (C=O) groups excluding carboxylic acids is 2. The molecule has 0 atom stereocenters. The SMILES string of the molecule is COC(=O)c1c(O)cc(F)cc1NC(=O)C(C)(C)C. The summed E-state index contributed by atoms with van der Waals surface area (Å²) in [6.45, 7) is 5.00. The van der Waals surface area contributed by atoms with Crippen LogP contribution in [0.3, 0.4) is 0 Å². The first-order valence-corrected chi connectivity index (χ1v) is 5.59. The minimum absolute atomic E-state index is 0.121. The average molecular weight is 269 g/mol. The summed E-state index contributed by atoms with van der Waals surface area (Å²) in [4.78, 5) is 23.4. The third kappa shape index (κ3) is 3.43. The Balaban J connectivity index is 3.26. The van der Waals surface area contributed by atoms with Crippen LogP contribution in [0.5, 0.6) is 5.75 Å². The Kier molecular flexibility index (Phi) is 4.14. The predicted octanol–water partition coefficient (Wildman–Crippen LogP) is 2.30. The molecule has 0 unspecified atom stereocenters. The fraction of sp³-hybridized carbons (Fsp3) is 0.385. The molecule has 104 valence electrons. The smallest absolute Gasteiger partial charge is 0.343 e. The topological polar surface area (TPSA) is 75.6 Å². The molecule has 19 heavy (non-hydrogen) atoms. The van der Waals surface area contributed by atoms with Gasteiger partial charge in [0, 0.05) is 11.5 Å². The van der Waals surface area contributed by atoms with Crippen molar-refractivity contribution in [2.75, 3.05) is 12.4 Å². The van der Waals surface area contributed by atoms with Crippen molar-refractivity contribution in [2.45, 2.75) is 20.8 Å². The summed E-state index contributed by atoms with van der Waals surface area (Å²) in [5.74, 6) is -2.63. The fourth-order valence-electron chi connectivity index (χ4n) is 1.32. The molecule has 0 aliphatic carbocycles. The molecule has 0 bridgehead atoms. The highest BCUT2D eigenvalue weighted by molar-refractivity contribution is 6.04. The second-order valence-electron chi connectivity index (χ2n) is 5.04. The van der Waals surface area contributed by atoms with Gasteiger partial charge in [-0.2, -0.15) is 0 Å². The van der Waals surface area contributed by atoms with Crippen molar-refractivity contribution in [3.8, 4) is 5.75 Å². The molecule has 0 saturated heterocycles. The lowest BCUT2D eigenvalue weighted by Crippen LogP contribution is -2.28. The van der Waals surface area contributed by atoms with Gasteiger partial charge in [0.25, 0.3) is 0 Å². The van der Waals surface area contributed by atoms with Crippen molar-refractivity contribution >= 4 is 17.6 Å². The number of carbonyl (C=O) groups is 2. The maximum absolute atomic E-state index is 13.3. The summed E-state index contributed by atoms with van der Waals surface area (Å²) in [5.41, 5.74) is -1.12. The zero-order chi connectivity index (χ0) is 14.8. The van der Waals surface area contributed by atoms with Crippen LogP contribution in [0.1, 0.15) is 31.1 Å². The number of anilines is 1. The first kappa shape index (κ1) is 14.9. The van der Waals surface area contributed by atoms with E-state index in [1.807, 2.05) is 0 Å². The first-order valence-electron chi connectivity index (χ1n) is 5.59. The van der Waals surface area contributed by atoms with Gasteiger partial charge in [0.05, 0.1) is 12.8 Å². The molecular formula is C13H16FNO4. The number of nitrogens with one attached hydrogen (secondary N) is 1. The van der Waals surface area contributed by atoms with E-state index in [4.69, 9.17) is 0 Å². The van der Waals surface area contributed by atoms with Gasteiger partial charge in [-0.3, -0.25) is 4.79 Å². The van der Waals surface area contributed by atoms with Gasteiger partial charge in [0.2, 0.25) is 5.91 Å². The molecule has 1 aromatic rings. The number of hydrogen-bond acceptors (Lipinski definition) is 4. The Morgan fingerprint density at radius 3 is 2.37 bits per heavy atom. The summed E-state index contributed by atoms with van der Waals surface area (Å²) in [5, 5.41) is 12.0. The highest BCUT2D eigenvalue weighted by Crippen LogP contribution is 2.29. The fourth-order valence-corrected chi connectivity index (χ4v) is 1.32. The first-order chi connectivity index (χ1) is 8.66. The van der Waals surface area contributed by atoms with Crippen LogP contribution in [0.2, 0.25) is 0 Å². The van der Waals surface area contributed by atoms with Crippen molar-refractivity contribution in [3.63, 3.8) is 0 Å². The zero-order valence-electron chi connectivity index (χ0n) is 11.2. The molecule has 0 aliphatic rings. The lowest BCUT2D eigenvalue weighted by Gasteiger charge is -2.19. The van der Waals surface area contributed by atoms with E-state index in [-0.39, 0.29) is 11.3 Å². The van der Waals surface area contributed by atoms with Gasteiger partial charge in [-0.1, -0.05) is 20.8 Å². The van der Waals surface area contributed by atoms with Crippen LogP contribution in [0.4, 0.5) is 10.1 Å². The van der Waals surface area contributed by atoms with Gasteiger partial charge in [0.15, 0.2) is 0 Å². The number of esters is 1. The number of methoxy groups -OCH3 is 1. The van der Waals surface area contributed by atoms with E-state index in [9.17, 15) is 19.1 Å². The Morgan fingerprint density at radius 2 is 1.89 bits per heavy atom. The van der Waals surface area contributed by atoms with E-state index in [1.54, 1.807) is 20.8 Å². The number of benzene rings is 1. The monoisotopic (exact) mass is 269 g/mol. The van der Waals surface area contributed by atoms with E-state index in [2.05, 4.69) is 10.1 Å². The van der Waals surface area contributed by atoms with Crippen LogP contribution in [0.15, 0.2) is 12.1 Å². The van der Waals surface area contributed by atoms with Crippen LogP contribution in [-0.4, -0.2) is 24.1 Å². The number of rotatable bonds is 2. The number of amides is 1. The van der Waals surface area contributed by atoms with Gasteiger partial charge < -0.3 is 15.2 Å². The summed E-state index contributed by atoms with van der Waals surface area (Å²) in [7, 11) is 1.13. The number of ether oxygens (including phenoxy) is 1. The summed E-state index contributed by atoms with van der Waals surface area (Å²) in [6.07, 6.45) is 0. The van der Waals surface area contributed by atoms with Gasteiger partial charge in [-0.15, -0.1) is 0 Å². The molecule has 2 N–H and O–H groups in total. The Labute approximate surface area is 110 Å². The van der Waals surface area contributed by atoms with Crippen molar-refractivity contribution < 1.29 is 23.8 Å². The standard InChI is InChI=1S/C13H16FNO4/c1-13(2,3)12(18)15-8-5-7(14)6-9(16)10(8)11(17)19-4/h5-6,16H,1-4H3,(H,15,18). The normalized spacial score (nSPS) is 11.0. The predicted molar refractivity (Wildman–Crippen MR) is 67.5 cm³/mol. The molecule has 0 saturated carbocycles. The van der Waals surface area contributed by atoms with Crippen LogP contribution in [0, 0.1) is 11.2 Å². The average Bonchev–Trinajstić information content (AvgIpc) is 2.26. The van der Waals surface area contributed by atoms with Crippen molar-refractivity contribution in [1.29, 1.82) is 0 Å². The Hall–Kier alpha value is -2.11. The molecular weight excluding hydrogens is 253 g/mol. The van der Waals surface area contributed by atoms with Crippen LogP contribution in [0.25, 0.3) is 0 Å². The Morgan fingerprint density at radius 1 is 1.32 bits per heavy atom. The number of halogens is 1. The van der Waals surface area contributed by atoms with E-state index in [1.165, 1.54) is 0 Å². The van der Waals surface area contributed by atoms with Crippen molar-refractivity contribution in [2.24, 2.45) is 5.41 Å². The minimum Gasteiger partial charge on any atom is -0.507 e. The molecule has 0 radical (unpaired) electrons. The van der Waals surface area contributed by atoms with Crippen LogP contribution in [-0.2, 0) is 9.53 Å². The molecule has 5 nitrogen and oxygen atoms in total. The summed E-state index contributed by atoms with van der Waals surface area (Å²) < 4.78 is 17.8. The number of hydrogen-bond donors (Lipinski definition) is 2. The molecule has 0 fully saturated rings. The number of aromatic hydroxyl groups is 1. The zero-order valence-corrected chi connectivity index (χ0v) is 11.2. The molecule has 1 aromatic carbocycles. The second kappa shape index (κ2) is 5.26. The molecule has 0 aromatic heterocycles. The summed E-state index contributed by atoms with van der Waals surface area (Å²) >= 11 is 0. The van der Waals surface area contributed by atoms with Gasteiger partial charge in [-0.05, 0) is 6.07 Å². The summed E-state index contributed by atoms with van der Waals surface area (Å²) in [6, 6.07) is 1.73.